The first-order valence-corrected chi connectivity index (χ1v) is 10.1. The van der Waals surface area contributed by atoms with Crippen LogP contribution in [0.15, 0.2) is 24.3 Å². The Kier molecular flexibility index (Phi) is 4.23. The Morgan fingerprint density at radius 1 is 0.967 bits per heavy atom. The third-order valence-corrected chi connectivity index (χ3v) is 6.93. The minimum Gasteiger partial charge on any atom is -0.493 e. The third kappa shape index (κ3) is 2.15. The van der Waals surface area contributed by atoms with Gasteiger partial charge in [0.2, 0.25) is 0 Å². The largest absolute Gasteiger partial charge is 0.493 e. The third-order valence-electron chi connectivity index (χ3n) is 6.93. The van der Waals surface area contributed by atoms with E-state index in [0.29, 0.717) is 29.6 Å². The van der Waals surface area contributed by atoms with E-state index in [2.05, 4.69) is 4.90 Å². The maximum Gasteiger partial charge on any atom is 0.181 e. The summed E-state index contributed by atoms with van der Waals surface area (Å²) in [5.74, 6) is 2.60. The van der Waals surface area contributed by atoms with Crippen LogP contribution in [0.2, 0.25) is 0 Å². The molecule has 0 radical (unpaired) electrons. The molecule has 1 fully saturated rings. The minimum atomic E-state index is -1.33. The molecule has 2 aromatic rings. The molecule has 0 spiro atoms. The van der Waals surface area contributed by atoms with Gasteiger partial charge in [-0.05, 0) is 42.7 Å². The zero-order valence-corrected chi connectivity index (χ0v) is 17.9. The van der Waals surface area contributed by atoms with Gasteiger partial charge in [0.05, 0.1) is 41.1 Å². The highest BCUT2D eigenvalue weighted by molar-refractivity contribution is 5.60. The Bertz CT molecular complexity index is 1020. The van der Waals surface area contributed by atoms with Gasteiger partial charge in [-0.1, -0.05) is 6.07 Å². The quantitative estimate of drug-likeness (QED) is 0.827. The standard InChI is InChI=1S/C23H27NO6/c1-22(25)14-6-7-17(26-2)21(29-5)20(14)16-12-30-23(22)15-11-19(28-4)18(27-3)10-13(15)8-9-24(16)23/h6-7,10-11,16,25H,8-9,12H2,1-5H3/t16-,22+,23-/m1/s1. The predicted molar refractivity (Wildman–Crippen MR) is 109 cm³/mol. The van der Waals surface area contributed by atoms with Crippen molar-refractivity contribution in [3.05, 3.63) is 46.5 Å². The molecule has 0 unspecified atom stereocenters. The summed E-state index contributed by atoms with van der Waals surface area (Å²) in [7, 11) is 6.50. The maximum absolute atomic E-state index is 12.1. The lowest BCUT2D eigenvalue weighted by Crippen LogP contribution is -2.62. The molecular formula is C23H27NO6. The van der Waals surface area contributed by atoms with E-state index in [1.807, 2.05) is 31.2 Å². The molecule has 30 heavy (non-hydrogen) atoms. The Labute approximate surface area is 176 Å². The molecule has 5 rings (SSSR count). The van der Waals surface area contributed by atoms with Crippen LogP contribution in [0.5, 0.6) is 23.0 Å². The average molecular weight is 413 g/mol. The summed E-state index contributed by atoms with van der Waals surface area (Å²) in [6, 6.07) is 7.66. The minimum absolute atomic E-state index is 0.0495. The van der Waals surface area contributed by atoms with Crippen molar-refractivity contribution in [1.82, 2.24) is 4.90 Å². The summed E-state index contributed by atoms with van der Waals surface area (Å²) < 4.78 is 28.9. The molecule has 3 aliphatic rings. The van der Waals surface area contributed by atoms with Crippen molar-refractivity contribution >= 4 is 0 Å². The van der Waals surface area contributed by atoms with Crippen molar-refractivity contribution in [2.24, 2.45) is 0 Å². The molecule has 7 heteroatoms. The number of fused-ring (bicyclic) bond motifs is 3. The van der Waals surface area contributed by atoms with E-state index >= 15 is 0 Å². The summed E-state index contributed by atoms with van der Waals surface area (Å²) in [4.78, 5) is 2.26. The van der Waals surface area contributed by atoms with Crippen LogP contribution in [0.25, 0.3) is 0 Å². The number of rotatable bonds is 4. The van der Waals surface area contributed by atoms with Crippen molar-refractivity contribution in [1.29, 1.82) is 0 Å². The summed E-state index contributed by atoms with van der Waals surface area (Å²) >= 11 is 0. The van der Waals surface area contributed by atoms with Crippen molar-refractivity contribution in [2.45, 2.75) is 30.7 Å². The van der Waals surface area contributed by atoms with E-state index in [0.717, 1.165) is 35.2 Å². The lowest BCUT2D eigenvalue weighted by Gasteiger charge is -2.55. The SMILES string of the molecule is COc1cc2c(cc1OC)[C@@]13OC[C@H](c4c(ccc(OC)c4OC)[C@]1(C)O)N3CC2. The molecule has 1 N–H and O–H groups in total. The summed E-state index contributed by atoms with van der Waals surface area (Å²) in [5, 5.41) is 12.1. The molecule has 2 aromatic carbocycles. The molecule has 0 saturated carbocycles. The summed E-state index contributed by atoms with van der Waals surface area (Å²) in [6.07, 6.45) is 0.814. The van der Waals surface area contributed by atoms with Gasteiger partial charge in [-0.2, -0.15) is 0 Å². The Balaban J connectivity index is 1.79. The van der Waals surface area contributed by atoms with E-state index in [1.165, 1.54) is 0 Å². The number of benzene rings is 2. The second-order valence-corrected chi connectivity index (χ2v) is 8.11. The number of methoxy groups -OCH3 is 4. The van der Waals surface area contributed by atoms with E-state index < -0.39 is 11.3 Å². The fourth-order valence-electron chi connectivity index (χ4n) is 5.63. The number of hydrogen-bond acceptors (Lipinski definition) is 7. The smallest absolute Gasteiger partial charge is 0.181 e. The van der Waals surface area contributed by atoms with Crippen LogP contribution in [0.3, 0.4) is 0 Å². The highest BCUT2D eigenvalue weighted by Crippen LogP contribution is 2.63. The van der Waals surface area contributed by atoms with Crippen LogP contribution >= 0.6 is 0 Å². The fraction of sp³-hybridized carbons (Fsp3) is 0.478. The van der Waals surface area contributed by atoms with Gasteiger partial charge in [-0.15, -0.1) is 0 Å². The van der Waals surface area contributed by atoms with Crippen LogP contribution in [0.1, 0.15) is 35.2 Å². The van der Waals surface area contributed by atoms with E-state index in [-0.39, 0.29) is 6.04 Å². The second-order valence-electron chi connectivity index (χ2n) is 8.11. The van der Waals surface area contributed by atoms with E-state index in [1.54, 1.807) is 28.4 Å². The van der Waals surface area contributed by atoms with Crippen LogP contribution in [0, 0.1) is 0 Å². The lowest BCUT2D eigenvalue weighted by molar-refractivity contribution is -0.236. The van der Waals surface area contributed by atoms with Crippen molar-refractivity contribution in [3.63, 3.8) is 0 Å². The number of nitrogens with zero attached hydrogens (tertiary/aromatic N) is 1. The van der Waals surface area contributed by atoms with Crippen LogP contribution in [-0.2, 0) is 22.5 Å². The Morgan fingerprint density at radius 3 is 2.33 bits per heavy atom. The van der Waals surface area contributed by atoms with E-state index in [4.69, 9.17) is 23.7 Å². The molecule has 0 amide bonds. The monoisotopic (exact) mass is 413 g/mol. The zero-order valence-electron chi connectivity index (χ0n) is 17.9. The fourth-order valence-corrected chi connectivity index (χ4v) is 5.63. The van der Waals surface area contributed by atoms with Gasteiger partial charge in [0.15, 0.2) is 28.7 Å². The highest BCUT2D eigenvalue weighted by atomic mass is 16.6. The number of aliphatic hydroxyl groups is 1. The van der Waals surface area contributed by atoms with Crippen LogP contribution < -0.4 is 18.9 Å². The molecular weight excluding hydrogens is 386 g/mol. The topological polar surface area (TPSA) is 69.6 Å². The van der Waals surface area contributed by atoms with Gasteiger partial charge in [0.25, 0.3) is 0 Å². The highest BCUT2D eigenvalue weighted by Gasteiger charge is 2.67. The van der Waals surface area contributed by atoms with Gasteiger partial charge >= 0.3 is 0 Å². The first-order valence-electron chi connectivity index (χ1n) is 10.1. The van der Waals surface area contributed by atoms with Gasteiger partial charge in [0.1, 0.15) is 5.60 Å². The van der Waals surface area contributed by atoms with Crippen molar-refractivity contribution < 1.29 is 28.8 Å². The molecule has 3 heterocycles. The summed E-state index contributed by atoms with van der Waals surface area (Å²) in [6.45, 7) is 3.00. The lowest BCUT2D eigenvalue weighted by atomic mass is 9.70. The molecule has 3 atom stereocenters. The summed E-state index contributed by atoms with van der Waals surface area (Å²) in [5.41, 5.74) is 1.38. The molecule has 1 saturated heterocycles. The molecule has 0 aliphatic carbocycles. The maximum atomic E-state index is 12.1. The van der Waals surface area contributed by atoms with E-state index in [9.17, 15) is 5.11 Å². The van der Waals surface area contributed by atoms with Crippen LogP contribution in [-0.4, -0.2) is 51.6 Å². The number of hydrogen-bond donors (Lipinski definition) is 1. The Hall–Kier alpha value is -2.48. The normalized spacial score (nSPS) is 28.9. The molecule has 2 bridgehead atoms. The zero-order chi connectivity index (χ0) is 21.3. The van der Waals surface area contributed by atoms with Gasteiger partial charge in [0, 0.05) is 17.7 Å². The predicted octanol–water partition coefficient (Wildman–Crippen LogP) is 2.72. The molecule has 3 aliphatic heterocycles. The first-order chi connectivity index (χ1) is 14.4. The number of ether oxygens (including phenoxy) is 5. The van der Waals surface area contributed by atoms with Crippen molar-refractivity contribution in [2.75, 3.05) is 41.6 Å². The van der Waals surface area contributed by atoms with Crippen molar-refractivity contribution in [3.8, 4) is 23.0 Å². The second kappa shape index (κ2) is 6.51. The molecule has 7 nitrogen and oxygen atoms in total. The Morgan fingerprint density at radius 2 is 1.67 bits per heavy atom. The molecule has 0 aromatic heterocycles. The average Bonchev–Trinajstić information content (AvgIpc) is 3.13. The van der Waals surface area contributed by atoms with Crippen LogP contribution in [0.4, 0.5) is 0 Å². The van der Waals surface area contributed by atoms with Gasteiger partial charge in [-0.25, -0.2) is 0 Å². The van der Waals surface area contributed by atoms with Gasteiger partial charge in [-0.3, -0.25) is 4.90 Å². The first kappa shape index (κ1) is 19.5. The molecule has 160 valence electrons. The van der Waals surface area contributed by atoms with Gasteiger partial charge < -0.3 is 28.8 Å².